The Balaban J connectivity index is 0.000000701. The summed E-state index contributed by atoms with van der Waals surface area (Å²) in [5, 5.41) is 5.46. The predicted molar refractivity (Wildman–Crippen MR) is 107 cm³/mol. The van der Waals surface area contributed by atoms with Crippen LogP contribution in [0.5, 0.6) is 0 Å². The van der Waals surface area contributed by atoms with Crippen molar-refractivity contribution in [3.63, 3.8) is 0 Å². The SMILES string of the molecule is C#CC.O=C(NP(c1ccccc1)c1ccccc1)c1ccccc1. The first-order valence-electron chi connectivity index (χ1n) is 7.90. The number of amides is 1. The number of terminal acetylenes is 1. The fourth-order valence-corrected chi connectivity index (χ4v) is 4.02. The maximum absolute atomic E-state index is 12.5. The molecule has 0 heterocycles. The van der Waals surface area contributed by atoms with Crippen LogP contribution in [0.3, 0.4) is 0 Å². The lowest BCUT2D eigenvalue weighted by Crippen LogP contribution is -2.28. The molecule has 0 spiro atoms. The van der Waals surface area contributed by atoms with E-state index >= 15 is 0 Å². The van der Waals surface area contributed by atoms with E-state index in [9.17, 15) is 4.79 Å². The third-order valence-electron chi connectivity index (χ3n) is 3.28. The highest BCUT2D eigenvalue weighted by molar-refractivity contribution is 7.71. The molecule has 0 radical (unpaired) electrons. The second-order valence-electron chi connectivity index (χ2n) is 5.10. The van der Waals surface area contributed by atoms with E-state index in [4.69, 9.17) is 0 Å². The molecule has 0 aromatic heterocycles. The second-order valence-corrected chi connectivity index (χ2v) is 7.03. The summed E-state index contributed by atoms with van der Waals surface area (Å²) >= 11 is 0. The van der Waals surface area contributed by atoms with E-state index < -0.39 is 8.07 Å². The van der Waals surface area contributed by atoms with Crippen LogP contribution in [0.15, 0.2) is 91.0 Å². The van der Waals surface area contributed by atoms with Crippen molar-refractivity contribution in [1.82, 2.24) is 5.09 Å². The largest absolute Gasteiger partial charge is 0.323 e. The van der Waals surface area contributed by atoms with Gasteiger partial charge in [0.1, 0.15) is 0 Å². The number of nitrogens with one attached hydrogen (secondary N) is 1. The Morgan fingerprint density at radius 2 is 1.16 bits per heavy atom. The van der Waals surface area contributed by atoms with Gasteiger partial charge in [0.15, 0.2) is 0 Å². The second kappa shape index (κ2) is 10.1. The van der Waals surface area contributed by atoms with Gasteiger partial charge in [0, 0.05) is 16.2 Å². The molecule has 124 valence electrons. The summed E-state index contributed by atoms with van der Waals surface area (Å²) in [6, 6.07) is 29.6. The minimum Gasteiger partial charge on any atom is -0.323 e. The van der Waals surface area contributed by atoms with E-state index in [1.54, 1.807) is 6.92 Å². The lowest BCUT2D eigenvalue weighted by Gasteiger charge is -2.19. The van der Waals surface area contributed by atoms with Crippen LogP contribution < -0.4 is 15.7 Å². The zero-order valence-electron chi connectivity index (χ0n) is 14.1. The van der Waals surface area contributed by atoms with Gasteiger partial charge in [0.2, 0.25) is 0 Å². The number of carbonyl (C=O) groups excluding carboxylic acids is 1. The molecule has 1 N–H and O–H groups in total. The number of benzene rings is 3. The Kier molecular flexibility index (Phi) is 7.44. The average Bonchev–Trinajstić information content (AvgIpc) is 2.68. The zero-order valence-corrected chi connectivity index (χ0v) is 15.0. The molecular weight excluding hydrogens is 325 g/mol. The first-order chi connectivity index (χ1) is 12.3. The number of hydrogen-bond acceptors (Lipinski definition) is 1. The fourth-order valence-electron chi connectivity index (χ4n) is 2.19. The van der Waals surface area contributed by atoms with Gasteiger partial charge < -0.3 is 5.09 Å². The first-order valence-corrected chi connectivity index (χ1v) is 9.24. The van der Waals surface area contributed by atoms with Crippen molar-refractivity contribution in [1.29, 1.82) is 0 Å². The van der Waals surface area contributed by atoms with Crippen LogP contribution in [-0.2, 0) is 0 Å². The number of carbonyl (C=O) groups is 1. The minimum atomic E-state index is -0.913. The van der Waals surface area contributed by atoms with Crippen LogP contribution in [-0.4, -0.2) is 5.91 Å². The zero-order chi connectivity index (χ0) is 17.9. The molecule has 2 nitrogen and oxygen atoms in total. The summed E-state index contributed by atoms with van der Waals surface area (Å²) in [4.78, 5) is 12.5. The van der Waals surface area contributed by atoms with Gasteiger partial charge in [0.05, 0.1) is 8.07 Å². The Bertz CT molecular complexity index is 771. The molecule has 0 aliphatic heterocycles. The van der Waals surface area contributed by atoms with Gasteiger partial charge in [-0.2, -0.15) is 0 Å². The summed E-state index contributed by atoms with van der Waals surface area (Å²) in [6.45, 7) is 1.65. The molecule has 3 heteroatoms. The normalized spacial score (nSPS) is 9.48. The quantitative estimate of drug-likeness (QED) is 0.560. The van der Waals surface area contributed by atoms with Crippen molar-refractivity contribution in [3.05, 3.63) is 96.6 Å². The van der Waals surface area contributed by atoms with Crippen LogP contribution in [0, 0.1) is 12.3 Å². The maximum Gasteiger partial charge on any atom is 0.254 e. The van der Waals surface area contributed by atoms with Gasteiger partial charge in [-0.3, -0.25) is 4.79 Å². The molecule has 3 aromatic carbocycles. The van der Waals surface area contributed by atoms with Gasteiger partial charge in [-0.1, -0.05) is 78.9 Å². The van der Waals surface area contributed by atoms with Gasteiger partial charge in [0.25, 0.3) is 5.91 Å². The molecule has 0 atom stereocenters. The van der Waals surface area contributed by atoms with Crippen LogP contribution in [0.2, 0.25) is 0 Å². The van der Waals surface area contributed by atoms with Crippen molar-refractivity contribution in [2.45, 2.75) is 6.92 Å². The van der Waals surface area contributed by atoms with E-state index in [0.717, 1.165) is 10.6 Å². The Hall–Kier alpha value is -2.88. The topological polar surface area (TPSA) is 29.1 Å². The molecule has 0 saturated carbocycles. The van der Waals surface area contributed by atoms with E-state index in [-0.39, 0.29) is 5.91 Å². The molecular formula is C22H20NOP. The molecule has 0 bridgehead atoms. The van der Waals surface area contributed by atoms with E-state index in [0.29, 0.717) is 5.56 Å². The van der Waals surface area contributed by atoms with Gasteiger partial charge >= 0.3 is 0 Å². The van der Waals surface area contributed by atoms with Crippen molar-refractivity contribution < 1.29 is 4.79 Å². The molecule has 0 unspecified atom stereocenters. The van der Waals surface area contributed by atoms with Crippen molar-refractivity contribution >= 4 is 24.6 Å². The summed E-state index contributed by atoms with van der Waals surface area (Å²) in [5.41, 5.74) is 0.682. The monoisotopic (exact) mass is 345 g/mol. The maximum atomic E-state index is 12.5. The molecule has 0 fully saturated rings. The smallest absolute Gasteiger partial charge is 0.254 e. The van der Waals surface area contributed by atoms with Crippen LogP contribution in [0.25, 0.3) is 0 Å². The lowest BCUT2D eigenvalue weighted by molar-refractivity contribution is 0.0983. The Morgan fingerprint density at radius 3 is 1.56 bits per heavy atom. The molecule has 3 aromatic rings. The molecule has 0 aliphatic carbocycles. The predicted octanol–water partition coefficient (Wildman–Crippen LogP) is 4.10. The summed E-state index contributed by atoms with van der Waals surface area (Å²) in [6.07, 6.45) is 4.60. The van der Waals surface area contributed by atoms with Crippen molar-refractivity contribution in [3.8, 4) is 12.3 Å². The molecule has 3 rings (SSSR count). The van der Waals surface area contributed by atoms with Gasteiger partial charge in [-0.25, -0.2) is 0 Å². The molecule has 1 amide bonds. The number of rotatable bonds is 4. The molecule has 25 heavy (non-hydrogen) atoms. The van der Waals surface area contributed by atoms with Crippen molar-refractivity contribution in [2.75, 3.05) is 0 Å². The highest BCUT2D eigenvalue weighted by Crippen LogP contribution is 2.28. The van der Waals surface area contributed by atoms with E-state index in [1.807, 2.05) is 66.7 Å². The summed E-state index contributed by atoms with van der Waals surface area (Å²) in [7, 11) is -0.913. The Labute approximate surface area is 150 Å². The van der Waals surface area contributed by atoms with Crippen LogP contribution in [0.1, 0.15) is 17.3 Å². The average molecular weight is 345 g/mol. The summed E-state index contributed by atoms with van der Waals surface area (Å²) < 4.78 is 0. The van der Waals surface area contributed by atoms with Crippen LogP contribution >= 0.6 is 8.07 Å². The Morgan fingerprint density at radius 1 is 0.800 bits per heavy atom. The molecule has 0 aliphatic rings. The van der Waals surface area contributed by atoms with E-state index in [2.05, 4.69) is 41.7 Å². The van der Waals surface area contributed by atoms with E-state index in [1.165, 1.54) is 0 Å². The number of hydrogen-bond donors (Lipinski definition) is 1. The molecule has 0 saturated heterocycles. The van der Waals surface area contributed by atoms with Gasteiger partial charge in [-0.15, -0.1) is 12.3 Å². The van der Waals surface area contributed by atoms with Crippen LogP contribution in [0.4, 0.5) is 0 Å². The third-order valence-corrected chi connectivity index (χ3v) is 5.33. The fraction of sp³-hybridized carbons (Fsp3) is 0.0455. The minimum absolute atomic E-state index is 0.0422. The lowest BCUT2D eigenvalue weighted by atomic mass is 10.2. The summed E-state index contributed by atoms with van der Waals surface area (Å²) in [5.74, 6) is 2.21. The highest BCUT2D eigenvalue weighted by atomic mass is 31.1. The van der Waals surface area contributed by atoms with Gasteiger partial charge in [-0.05, 0) is 19.1 Å². The first kappa shape index (κ1) is 18.5. The highest BCUT2D eigenvalue weighted by Gasteiger charge is 2.17. The standard InChI is InChI=1S/C19H16NOP.C3H4/c21-19(16-10-4-1-5-11-16)20-22(17-12-6-2-7-13-17)18-14-8-3-9-15-18;1-3-2/h1-15H,(H,20,21);1H,2H3. The third kappa shape index (κ3) is 5.60. The van der Waals surface area contributed by atoms with Crippen molar-refractivity contribution in [2.24, 2.45) is 0 Å².